The van der Waals surface area contributed by atoms with Crippen molar-refractivity contribution in [1.29, 1.82) is 0 Å². The molecular weight excluding hydrogens is 326 g/mol. The predicted octanol–water partition coefficient (Wildman–Crippen LogP) is 2.59. The van der Waals surface area contributed by atoms with Crippen LogP contribution in [-0.2, 0) is 0 Å². The Labute approximate surface area is 155 Å². The molecule has 5 heteroatoms. The number of hydrogen-bond acceptors (Lipinski definition) is 4. The molecular formula is C21H27N3O2. The molecule has 1 saturated heterocycles. The fraction of sp³-hybridized carbons (Fsp3) is 0.429. The van der Waals surface area contributed by atoms with Gasteiger partial charge in [-0.05, 0) is 68.8 Å². The largest absolute Gasteiger partial charge is 0.387 e. The van der Waals surface area contributed by atoms with E-state index in [-0.39, 0.29) is 5.91 Å². The van der Waals surface area contributed by atoms with Gasteiger partial charge in [0.2, 0.25) is 0 Å². The number of aliphatic hydroxyl groups is 1. The Balaban J connectivity index is 1.75. The number of piperidine rings is 1. The first-order chi connectivity index (χ1) is 12.4. The van der Waals surface area contributed by atoms with Crippen molar-refractivity contribution < 1.29 is 9.90 Å². The molecule has 1 fully saturated rings. The highest BCUT2D eigenvalue weighted by Crippen LogP contribution is 2.25. The van der Waals surface area contributed by atoms with Gasteiger partial charge in [0, 0.05) is 31.0 Å². The Hall–Kier alpha value is -2.24. The van der Waals surface area contributed by atoms with Gasteiger partial charge >= 0.3 is 0 Å². The van der Waals surface area contributed by atoms with E-state index in [0.29, 0.717) is 25.2 Å². The number of likely N-dealkylation sites (N-methyl/N-ethyl adjacent to an activating group) is 1. The molecule has 1 atom stereocenters. The summed E-state index contributed by atoms with van der Waals surface area (Å²) in [5.41, 5.74) is 3.14. The van der Waals surface area contributed by atoms with E-state index in [1.165, 1.54) is 0 Å². The lowest BCUT2D eigenvalue weighted by molar-refractivity contribution is -0.0391. The maximum Gasteiger partial charge on any atom is 0.253 e. The van der Waals surface area contributed by atoms with Gasteiger partial charge in [-0.1, -0.05) is 12.1 Å². The average molecular weight is 353 g/mol. The summed E-state index contributed by atoms with van der Waals surface area (Å²) in [7, 11) is 3.89. The van der Waals surface area contributed by atoms with Crippen molar-refractivity contribution in [2.24, 2.45) is 0 Å². The number of nitrogens with zero attached hydrogens (tertiary/aromatic N) is 3. The van der Waals surface area contributed by atoms with Crippen molar-refractivity contribution >= 4 is 5.91 Å². The molecule has 0 aliphatic carbocycles. The minimum Gasteiger partial charge on any atom is -0.387 e. The smallest absolute Gasteiger partial charge is 0.253 e. The van der Waals surface area contributed by atoms with Crippen LogP contribution in [0.15, 0.2) is 42.7 Å². The number of β-amino-alcohol motifs (C(OH)–C–C–N with tert-alkyl or cyclic N) is 1. The number of aryl methyl sites for hydroxylation is 1. The molecule has 3 rings (SSSR count). The van der Waals surface area contributed by atoms with Gasteiger partial charge in [0.15, 0.2) is 0 Å². The van der Waals surface area contributed by atoms with E-state index in [1.807, 2.05) is 62.4 Å². The highest BCUT2D eigenvalue weighted by atomic mass is 16.3. The fourth-order valence-corrected chi connectivity index (χ4v) is 3.78. The van der Waals surface area contributed by atoms with E-state index in [0.717, 1.165) is 29.5 Å². The van der Waals surface area contributed by atoms with Crippen LogP contribution in [0.25, 0.3) is 11.1 Å². The van der Waals surface area contributed by atoms with E-state index in [4.69, 9.17) is 0 Å². The second-order valence-electron chi connectivity index (χ2n) is 7.56. The van der Waals surface area contributed by atoms with Crippen LogP contribution in [0.1, 0.15) is 28.8 Å². The zero-order chi connectivity index (χ0) is 18.7. The van der Waals surface area contributed by atoms with Crippen molar-refractivity contribution in [1.82, 2.24) is 14.8 Å². The minimum absolute atomic E-state index is 0.0140. The van der Waals surface area contributed by atoms with Crippen LogP contribution in [0, 0.1) is 6.92 Å². The molecule has 1 aromatic heterocycles. The number of carbonyl (C=O) groups excluding carboxylic acids is 1. The molecule has 0 saturated carbocycles. The summed E-state index contributed by atoms with van der Waals surface area (Å²) in [4.78, 5) is 20.8. The molecule has 1 aliphatic rings. The standard InChI is InChI=1S/C21H27N3O2/c1-16-13-22-11-9-19(16)17-5-7-18(8-6-17)20(25)24-12-4-10-21(26,15-24)14-23(2)3/h5-9,11,13,26H,4,10,12,14-15H2,1-3H3/t21-/m0/s1. The van der Waals surface area contributed by atoms with Gasteiger partial charge < -0.3 is 14.9 Å². The van der Waals surface area contributed by atoms with Crippen molar-refractivity contribution in [2.45, 2.75) is 25.4 Å². The van der Waals surface area contributed by atoms with E-state index in [2.05, 4.69) is 4.98 Å². The SMILES string of the molecule is Cc1cnccc1-c1ccc(C(=O)N2CCC[C@](O)(CN(C)C)C2)cc1. The predicted molar refractivity (Wildman–Crippen MR) is 103 cm³/mol. The molecule has 1 N–H and O–H groups in total. The summed E-state index contributed by atoms with van der Waals surface area (Å²) < 4.78 is 0. The van der Waals surface area contributed by atoms with Crippen LogP contribution >= 0.6 is 0 Å². The molecule has 0 unspecified atom stereocenters. The molecule has 138 valence electrons. The fourth-order valence-electron chi connectivity index (χ4n) is 3.78. The Morgan fingerprint density at radius 2 is 2.00 bits per heavy atom. The van der Waals surface area contributed by atoms with Crippen molar-refractivity contribution in [2.75, 3.05) is 33.7 Å². The number of carbonyl (C=O) groups is 1. The number of aromatic nitrogens is 1. The molecule has 1 aliphatic heterocycles. The Morgan fingerprint density at radius 1 is 1.27 bits per heavy atom. The van der Waals surface area contributed by atoms with Crippen molar-refractivity contribution in [3.63, 3.8) is 0 Å². The summed E-state index contributed by atoms with van der Waals surface area (Å²) in [6.07, 6.45) is 5.17. The second kappa shape index (κ2) is 7.56. The van der Waals surface area contributed by atoms with Gasteiger partial charge in [0.1, 0.15) is 0 Å². The number of pyridine rings is 1. The minimum atomic E-state index is -0.828. The van der Waals surface area contributed by atoms with Gasteiger partial charge in [-0.25, -0.2) is 0 Å². The first-order valence-electron chi connectivity index (χ1n) is 9.05. The van der Waals surface area contributed by atoms with E-state index in [1.54, 1.807) is 11.1 Å². The summed E-state index contributed by atoms with van der Waals surface area (Å²) in [5.74, 6) is -0.0140. The molecule has 0 bridgehead atoms. The quantitative estimate of drug-likeness (QED) is 0.918. The lowest BCUT2D eigenvalue weighted by Gasteiger charge is -2.40. The van der Waals surface area contributed by atoms with Gasteiger partial charge in [0.05, 0.1) is 12.1 Å². The number of rotatable bonds is 4. The number of benzene rings is 1. The monoisotopic (exact) mass is 353 g/mol. The normalized spacial score (nSPS) is 20.4. The topological polar surface area (TPSA) is 56.7 Å². The van der Waals surface area contributed by atoms with Gasteiger partial charge in [-0.3, -0.25) is 9.78 Å². The summed E-state index contributed by atoms with van der Waals surface area (Å²) in [6.45, 7) is 3.67. The summed E-state index contributed by atoms with van der Waals surface area (Å²) in [6, 6.07) is 9.68. The highest BCUT2D eigenvalue weighted by molar-refractivity contribution is 5.95. The van der Waals surface area contributed by atoms with E-state index < -0.39 is 5.60 Å². The lowest BCUT2D eigenvalue weighted by atomic mass is 9.91. The van der Waals surface area contributed by atoms with Crippen LogP contribution in [0.2, 0.25) is 0 Å². The maximum atomic E-state index is 12.9. The second-order valence-corrected chi connectivity index (χ2v) is 7.56. The zero-order valence-electron chi connectivity index (χ0n) is 15.8. The first kappa shape index (κ1) is 18.5. The highest BCUT2D eigenvalue weighted by Gasteiger charge is 2.35. The maximum absolute atomic E-state index is 12.9. The van der Waals surface area contributed by atoms with Crippen LogP contribution < -0.4 is 0 Å². The lowest BCUT2D eigenvalue weighted by Crippen LogP contribution is -2.54. The molecule has 0 spiro atoms. The Bertz CT molecular complexity index is 773. The van der Waals surface area contributed by atoms with Crippen LogP contribution in [0.5, 0.6) is 0 Å². The molecule has 1 aromatic carbocycles. The van der Waals surface area contributed by atoms with Crippen LogP contribution in [-0.4, -0.2) is 65.1 Å². The third-order valence-corrected chi connectivity index (χ3v) is 4.92. The summed E-state index contributed by atoms with van der Waals surface area (Å²) >= 11 is 0. The molecule has 2 aromatic rings. The van der Waals surface area contributed by atoms with E-state index >= 15 is 0 Å². The number of hydrogen-bond donors (Lipinski definition) is 1. The number of likely N-dealkylation sites (tertiary alicyclic amines) is 1. The first-order valence-corrected chi connectivity index (χ1v) is 9.05. The van der Waals surface area contributed by atoms with Crippen LogP contribution in [0.4, 0.5) is 0 Å². The van der Waals surface area contributed by atoms with Crippen molar-refractivity contribution in [3.05, 3.63) is 53.9 Å². The van der Waals surface area contributed by atoms with Crippen LogP contribution in [0.3, 0.4) is 0 Å². The van der Waals surface area contributed by atoms with Gasteiger partial charge in [0.25, 0.3) is 5.91 Å². The molecule has 1 amide bonds. The van der Waals surface area contributed by atoms with Gasteiger partial charge in [-0.15, -0.1) is 0 Å². The molecule has 26 heavy (non-hydrogen) atoms. The number of amides is 1. The van der Waals surface area contributed by atoms with E-state index in [9.17, 15) is 9.90 Å². The zero-order valence-corrected chi connectivity index (χ0v) is 15.8. The molecule has 2 heterocycles. The average Bonchev–Trinajstić information content (AvgIpc) is 2.61. The molecule has 5 nitrogen and oxygen atoms in total. The molecule has 0 radical (unpaired) electrons. The Morgan fingerprint density at radius 3 is 2.65 bits per heavy atom. The third kappa shape index (κ3) is 4.11. The van der Waals surface area contributed by atoms with Crippen molar-refractivity contribution in [3.8, 4) is 11.1 Å². The Kier molecular flexibility index (Phi) is 5.39. The summed E-state index contributed by atoms with van der Waals surface area (Å²) in [5, 5.41) is 10.8. The van der Waals surface area contributed by atoms with Gasteiger partial charge in [-0.2, -0.15) is 0 Å². The third-order valence-electron chi connectivity index (χ3n) is 4.92.